The van der Waals surface area contributed by atoms with Crippen molar-refractivity contribution in [3.05, 3.63) is 66.6 Å². The van der Waals surface area contributed by atoms with Gasteiger partial charge in [0.15, 0.2) is 0 Å². The molecule has 0 fully saturated rings. The molecule has 0 saturated heterocycles. The van der Waals surface area contributed by atoms with E-state index < -0.39 is 10.0 Å². The highest BCUT2D eigenvalue weighted by Crippen LogP contribution is 2.26. The van der Waals surface area contributed by atoms with Crippen LogP contribution in [0.4, 0.5) is 0 Å². The lowest BCUT2D eigenvalue weighted by atomic mass is 10.2. The third kappa shape index (κ3) is 4.32. The minimum atomic E-state index is -3.77. The number of carboxylic acid groups (broad SMARTS) is 1. The van der Waals surface area contributed by atoms with Gasteiger partial charge in [-0.15, -0.1) is 0 Å². The number of carbonyl (C=O) groups is 1. The highest BCUT2D eigenvalue weighted by atomic mass is 32.2. The van der Waals surface area contributed by atoms with E-state index in [0.29, 0.717) is 5.52 Å². The third-order valence-corrected chi connectivity index (χ3v) is 6.19. The van der Waals surface area contributed by atoms with Crippen LogP contribution in [-0.4, -0.2) is 59.5 Å². The Morgan fingerprint density at radius 1 is 1.13 bits per heavy atom. The number of hydrogen-bond donors (Lipinski definition) is 1. The second kappa shape index (κ2) is 9.02. The fraction of sp³-hybridized carbons (Fsp3) is 0.190. The molecule has 1 aromatic carbocycles. The first-order valence-corrected chi connectivity index (χ1v) is 10.6. The molecule has 0 aliphatic carbocycles. The SMILES string of the molecule is CN(C)CCc1cn(S(=O)(=O)c2cnc3ccccc3c2)c2cccnc12.O=CO. The van der Waals surface area contributed by atoms with Crippen LogP contribution < -0.4 is 0 Å². The van der Waals surface area contributed by atoms with Crippen LogP contribution in [0.2, 0.25) is 0 Å². The standard InChI is InChI=1S/C20H20N4O2S.CH2O2/c1-23(2)11-9-16-14-24(19-8-5-10-21-20(16)19)27(25,26)17-12-15-6-3-4-7-18(15)22-13-17;2-1-3/h3-8,10,12-14H,9,11H2,1-2H3;1H,(H,2,3). The summed E-state index contributed by atoms with van der Waals surface area (Å²) in [6.45, 7) is 0.563. The molecule has 0 radical (unpaired) electrons. The maximum Gasteiger partial charge on any atom is 0.290 e. The summed E-state index contributed by atoms with van der Waals surface area (Å²) in [6, 6.07) is 12.7. The molecule has 8 nitrogen and oxygen atoms in total. The summed E-state index contributed by atoms with van der Waals surface area (Å²) in [5.74, 6) is 0. The number of nitrogens with zero attached hydrogens (tertiary/aromatic N) is 4. The van der Waals surface area contributed by atoms with Gasteiger partial charge < -0.3 is 10.0 Å². The normalized spacial score (nSPS) is 11.4. The number of fused-ring (bicyclic) bond motifs is 2. The van der Waals surface area contributed by atoms with Crippen LogP contribution in [0.1, 0.15) is 5.56 Å². The van der Waals surface area contributed by atoms with Gasteiger partial charge in [0.25, 0.3) is 16.5 Å². The van der Waals surface area contributed by atoms with Crippen LogP contribution in [0.5, 0.6) is 0 Å². The number of rotatable bonds is 5. The van der Waals surface area contributed by atoms with Crippen molar-refractivity contribution in [2.24, 2.45) is 0 Å². The monoisotopic (exact) mass is 426 g/mol. The van der Waals surface area contributed by atoms with Crippen molar-refractivity contribution in [2.75, 3.05) is 20.6 Å². The first-order chi connectivity index (χ1) is 14.4. The summed E-state index contributed by atoms with van der Waals surface area (Å²) < 4.78 is 28.0. The van der Waals surface area contributed by atoms with Gasteiger partial charge in [-0.25, -0.2) is 12.4 Å². The molecule has 0 atom stereocenters. The molecule has 0 saturated carbocycles. The molecule has 30 heavy (non-hydrogen) atoms. The molecule has 3 aromatic heterocycles. The van der Waals surface area contributed by atoms with Crippen molar-refractivity contribution in [3.63, 3.8) is 0 Å². The van der Waals surface area contributed by atoms with Gasteiger partial charge in [-0.1, -0.05) is 18.2 Å². The van der Waals surface area contributed by atoms with Gasteiger partial charge in [0.05, 0.1) is 16.6 Å². The van der Waals surface area contributed by atoms with E-state index in [1.165, 1.54) is 10.2 Å². The summed E-state index contributed by atoms with van der Waals surface area (Å²) in [7, 11) is 0.206. The van der Waals surface area contributed by atoms with E-state index in [4.69, 9.17) is 9.90 Å². The molecule has 156 valence electrons. The molecule has 0 bridgehead atoms. The van der Waals surface area contributed by atoms with E-state index in [9.17, 15) is 8.42 Å². The number of para-hydroxylation sites is 1. The Kier molecular flexibility index (Phi) is 6.43. The predicted molar refractivity (Wildman–Crippen MR) is 115 cm³/mol. The second-order valence-electron chi connectivity index (χ2n) is 6.85. The van der Waals surface area contributed by atoms with E-state index in [2.05, 4.69) is 14.9 Å². The van der Waals surface area contributed by atoms with Gasteiger partial charge in [-0.05, 0) is 50.3 Å². The lowest BCUT2D eigenvalue weighted by molar-refractivity contribution is -0.122. The van der Waals surface area contributed by atoms with Crippen molar-refractivity contribution in [1.29, 1.82) is 0 Å². The van der Waals surface area contributed by atoms with Crippen LogP contribution in [0, 0.1) is 0 Å². The maximum absolute atomic E-state index is 13.3. The summed E-state index contributed by atoms with van der Waals surface area (Å²) in [4.78, 5) is 19.3. The topological polar surface area (TPSA) is 105 Å². The van der Waals surface area contributed by atoms with Crippen molar-refractivity contribution >= 4 is 38.4 Å². The fourth-order valence-corrected chi connectivity index (χ4v) is 4.49. The van der Waals surface area contributed by atoms with Crippen molar-refractivity contribution < 1.29 is 18.3 Å². The minimum absolute atomic E-state index is 0.168. The van der Waals surface area contributed by atoms with Gasteiger partial charge in [0.1, 0.15) is 4.90 Å². The Balaban J connectivity index is 0.000000806. The Hall–Kier alpha value is -3.30. The van der Waals surface area contributed by atoms with E-state index in [0.717, 1.165) is 34.9 Å². The van der Waals surface area contributed by atoms with Gasteiger partial charge in [0, 0.05) is 30.5 Å². The molecule has 0 unspecified atom stereocenters. The Morgan fingerprint density at radius 3 is 2.60 bits per heavy atom. The van der Waals surface area contributed by atoms with E-state index in [1.54, 1.807) is 30.6 Å². The lowest BCUT2D eigenvalue weighted by Crippen LogP contribution is -2.15. The quantitative estimate of drug-likeness (QED) is 0.489. The molecule has 3 heterocycles. The van der Waals surface area contributed by atoms with Crippen LogP contribution in [-0.2, 0) is 21.2 Å². The lowest BCUT2D eigenvalue weighted by Gasteiger charge is -2.08. The van der Waals surface area contributed by atoms with Crippen LogP contribution in [0.3, 0.4) is 0 Å². The Bertz CT molecular complexity index is 1280. The smallest absolute Gasteiger partial charge is 0.290 e. The number of likely N-dealkylation sites (N-methyl/N-ethyl adjacent to an activating group) is 1. The Labute approximate surface area is 174 Å². The molecular weight excluding hydrogens is 404 g/mol. The summed E-state index contributed by atoms with van der Waals surface area (Å²) in [6.07, 6.45) is 5.51. The zero-order valence-electron chi connectivity index (χ0n) is 16.6. The first kappa shape index (κ1) is 21.4. The fourth-order valence-electron chi connectivity index (χ4n) is 3.13. The predicted octanol–water partition coefficient (Wildman–Crippen LogP) is 2.63. The minimum Gasteiger partial charge on any atom is -0.483 e. The Morgan fingerprint density at radius 2 is 1.87 bits per heavy atom. The maximum atomic E-state index is 13.3. The zero-order valence-corrected chi connectivity index (χ0v) is 17.5. The van der Waals surface area contributed by atoms with Gasteiger partial charge >= 0.3 is 0 Å². The zero-order chi connectivity index (χ0) is 21.7. The van der Waals surface area contributed by atoms with Crippen molar-refractivity contribution in [2.45, 2.75) is 11.3 Å². The average Bonchev–Trinajstić information content (AvgIpc) is 3.12. The van der Waals surface area contributed by atoms with Crippen LogP contribution in [0.25, 0.3) is 21.9 Å². The number of benzene rings is 1. The largest absolute Gasteiger partial charge is 0.483 e. The van der Waals surface area contributed by atoms with Crippen LogP contribution >= 0.6 is 0 Å². The summed E-state index contributed by atoms with van der Waals surface area (Å²) >= 11 is 0. The molecule has 0 amide bonds. The second-order valence-corrected chi connectivity index (χ2v) is 8.66. The number of hydrogen-bond acceptors (Lipinski definition) is 6. The van der Waals surface area contributed by atoms with E-state index >= 15 is 0 Å². The highest BCUT2D eigenvalue weighted by molar-refractivity contribution is 7.90. The molecule has 0 aliphatic heterocycles. The summed E-state index contributed by atoms with van der Waals surface area (Å²) in [5, 5.41) is 7.68. The summed E-state index contributed by atoms with van der Waals surface area (Å²) in [5.41, 5.74) is 2.98. The van der Waals surface area contributed by atoms with E-state index in [-0.39, 0.29) is 11.4 Å². The molecule has 9 heteroatoms. The molecular formula is C21H22N4O4S. The van der Waals surface area contributed by atoms with Gasteiger partial charge in [0.2, 0.25) is 0 Å². The van der Waals surface area contributed by atoms with Crippen LogP contribution in [0.15, 0.2) is 66.0 Å². The molecule has 4 rings (SSSR count). The third-order valence-electron chi connectivity index (χ3n) is 4.55. The molecule has 4 aromatic rings. The molecule has 0 spiro atoms. The van der Waals surface area contributed by atoms with E-state index in [1.807, 2.05) is 38.4 Å². The van der Waals surface area contributed by atoms with Gasteiger partial charge in [-0.3, -0.25) is 14.8 Å². The highest BCUT2D eigenvalue weighted by Gasteiger charge is 2.22. The molecule has 0 aliphatic rings. The number of aromatic nitrogens is 3. The first-order valence-electron chi connectivity index (χ1n) is 9.16. The molecule has 1 N–H and O–H groups in total. The average molecular weight is 426 g/mol. The number of pyridine rings is 2. The van der Waals surface area contributed by atoms with Crippen molar-refractivity contribution in [3.8, 4) is 0 Å². The van der Waals surface area contributed by atoms with Crippen molar-refractivity contribution in [1.82, 2.24) is 18.8 Å². The van der Waals surface area contributed by atoms with Gasteiger partial charge in [-0.2, -0.15) is 0 Å².